The number of hydrogen-bond acceptors (Lipinski definition) is 3. The molecule has 4 atom stereocenters. The van der Waals surface area contributed by atoms with Crippen molar-refractivity contribution in [3.8, 4) is 0 Å². The van der Waals surface area contributed by atoms with Crippen molar-refractivity contribution in [1.29, 1.82) is 0 Å². The molecule has 1 saturated heterocycles. The second-order valence-electron chi connectivity index (χ2n) is 8.81. The normalized spacial score (nSPS) is 39.6. The van der Waals surface area contributed by atoms with E-state index in [9.17, 15) is 0 Å². The maximum atomic E-state index is 6.57. The number of nitrogens with zero attached hydrogens (tertiary/aromatic N) is 3. The average Bonchev–Trinajstić information content (AvgIpc) is 2.65. The smallest absolute Gasteiger partial charge is 0.135 e. The first-order valence-corrected chi connectivity index (χ1v) is 11.6. The molecule has 0 aromatic rings. The molecular formula is C22H33ClN3S+. The van der Waals surface area contributed by atoms with Gasteiger partial charge in [-0.25, -0.2) is 0 Å². The van der Waals surface area contributed by atoms with Crippen molar-refractivity contribution in [2.24, 2.45) is 0 Å². The van der Waals surface area contributed by atoms with E-state index < -0.39 is 0 Å². The Hall–Kier alpha value is -0.520. The highest BCUT2D eigenvalue weighted by Gasteiger charge is 2.55. The Balaban J connectivity index is 1.55. The summed E-state index contributed by atoms with van der Waals surface area (Å²) in [7, 11) is 4.68. The predicted molar refractivity (Wildman–Crippen MR) is 118 cm³/mol. The molecule has 4 aliphatic rings. The first kappa shape index (κ1) is 19.8. The quantitative estimate of drug-likeness (QED) is 0.517. The van der Waals surface area contributed by atoms with Gasteiger partial charge < -0.3 is 9.80 Å². The molecule has 148 valence electrons. The summed E-state index contributed by atoms with van der Waals surface area (Å²) in [6.07, 6.45) is 16.0. The van der Waals surface area contributed by atoms with Gasteiger partial charge in [0.1, 0.15) is 11.2 Å². The number of halogens is 1. The van der Waals surface area contributed by atoms with Gasteiger partial charge in [0.2, 0.25) is 0 Å². The van der Waals surface area contributed by atoms with Crippen LogP contribution in [-0.2, 0) is 0 Å². The number of allylic oxidation sites excluding steroid dienone is 5. The van der Waals surface area contributed by atoms with E-state index in [0.29, 0.717) is 5.25 Å². The van der Waals surface area contributed by atoms with Gasteiger partial charge in [-0.05, 0) is 26.1 Å². The lowest BCUT2D eigenvalue weighted by Crippen LogP contribution is -2.66. The lowest BCUT2D eigenvalue weighted by Gasteiger charge is -2.56. The van der Waals surface area contributed by atoms with Crippen LogP contribution in [0.15, 0.2) is 47.1 Å². The second kappa shape index (κ2) is 7.72. The van der Waals surface area contributed by atoms with Gasteiger partial charge in [0, 0.05) is 45.6 Å². The Morgan fingerprint density at radius 1 is 1.22 bits per heavy atom. The molecule has 0 bridgehead atoms. The van der Waals surface area contributed by atoms with Gasteiger partial charge in [0.25, 0.3) is 0 Å². The van der Waals surface area contributed by atoms with Crippen LogP contribution in [0.25, 0.3) is 0 Å². The average molecular weight is 407 g/mol. The minimum absolute atomic E-state index is 0.0994. The lowest BCUT2D eigenvalue weighted by atomic mass is 9.85. The number of likely N-dealkylation sites (N-methyl/N-ethyl adjacent to an activating group) is 2. The van der Waals surface area contributed by atoms with Gasteiger partial charge >= 0.3 is 0 Å². The molecule has 2 heterocycles. The van der Waals surface area contributed by atoms with E-state index in [2.05, 4.69) is 67.3 Å². The third-order valence-corrected chi connectivity index (χ3v) is 8.94. The SMILES string of the molecule is CN1CCN(CCC[N+]2(C)C3=C(C=CC(Cl)C3)SC3C=CC=C[C@@]32C)CC1. The van der Waals surface area contributed by atoms with E-state index in [1.165, 1.54) is 50.6 Å². The fourth-order valence-electron chi connectivity index (χ4n) is 4.99. The summed E-state index contributed by atoms with van der Waals surface area (Å²) in [4.78, 5) is 6.53. The molecule has 1 fully saturated rings. The van der Waals surface area contributed by atoms with Gasteiger partial charge in [-0.3, -0.25) is 4.48 Å². The molecule has 0 amide bonds. The lowest BCUT2D eigenvalue weighted by molar-refractivity contribution is -0.916. The predicted octanol–water partition coefficient (Wildman–Crippen LogP) is 3.85. The molecule has 27 heavy (non-hydrogen) atoms. The van der Waals surface area contributed by atoms with Crippen molar-refractivity contribution in [2.45, 2.75) is 35.9 Å². The van der Waals surface area contributed by atoms with Crippen molar-refractivity contribution in [3.63, 3.8) is 0 Å². The minimum atomic E-state index is 0.0994. The van der Waals surface area contributed by atoms with E-state index in [0.717, 1.165) is 10.9 Å². The summed E-state index contributed by atoms with van der Waals surface area (Å²) in [5.41, 5.74) is 1.64. The Morgan fingerprint density at radius 2 is 2.00 bits per heavy atom. The van der Waals surface area contributed by atoms with Crippen LogP contribution in [-0.4, -0.2) is 83.8 Å². The molecule has 0 aromatic carbocycles. The zero-order chi connectivity index (χ0) is 19.1. The Morgan fingerprint density at radius 3 is 2.78 bits per heavy atom. The van der Waals surface area contributed by atoms with Gasteiger partial charge in [0.15, 0.2) is 0 Å². The number of hydrogen-bond donors (Lipinski definition) is 0. The van der Waals surface area contributed by atoms with Crippen LogP contribution in [0.3, 0.4) is 0 Å². The van der Waals surface area contributed by atoms with Crippen molar-refractivity contribution >= 4 is 23.4 Å². The zero-order valence-corrected chi connectivity index (χ0v) is 18.5. The van der Waals surface area contributed by atoms with Crippen LogP contribution < -0.4 is 0 Å². The highest BCUT2D eigenvalue weighted by atomic mass is 35.5. The third kappa shape index (κ3) is 3.60. The molecule has 0 radical (unpaired) electrons. The van der Waals surface area contributed by atoms with Gasteiger partial charge in [-0.1, -0.05) is 24.3 Å². The maximum absolute atomic E-state index is 6.57. The molecule has 2 aliphatic heterocycles. The molecule has 5 heteroatoms. The Kier molecular flexibility index (Phi) is 5.65. The molecule has 3 unspecified atom stereocenters. The number of piperazine rings is 1. The van der Waals surface area contributed by atoms with Crippen molar-refractivity contribution in [1.82, 2.24) is 9.80 Å². The summed E-state index contributed by atoms with van der Waals surface area (Å²) in [5, 5.41) is 0.620. The van der Waals surface area contributed by atoms with E-state index >= 15 is 0 Å². The number of rotatable bonds is 4. The van der Waals surface area contributed by atoms with Crippen LogP contribution in [0.4, 0.5) is 0 Å². The third-order valence-electron chi connectivity index (χ3n) is 7.12. The number of quaternary nitrogens is 1. The van der Waals surface area contributed by atoms with Crippen LogP contribution >= 0.6 is 23.4 Å². The fraction of sp³-hybridized carbons (Fsp3) is 0.636. The fourth-order valence-corrected chi connectivity index (χ4v) is 6.78. The van der Waals surface area contributed by atoms with Crippen molar-refractivity contribution < 1.29 is 4.48 Å². The van der Waals surface area contributed by atoms with Crippen LogP contribution in [0, 0.1) is 0 Å². The van der Waals surface area contributed by atoms with E-state index in [1.807, 2.05) is 11.8 Å². The monoisotopic (exact) mass is 406 g/mol. The van der Waals surface area contributed by atoms with E-state index in [4.69, 9.17) is 11.6 Å². The summed E-state index contributed by atoms with van der Waals surface area (Å²) in [5.74, 6) is 0. The standard InChI is InChI=1S/C22H33ClN3S/c1-22-10-5-4-7-21(22)27-20-9-8-18(23)17-19(20)26(22,3)16-6-11-25-14-12-24(2)13-15-25/h4-5,7-10,18,21H,6,11-17H2,1-3H3/q+1/t18?,21?,22-,26?/m0/s1. The van der Waals surface area contributed by atoms with Crippen LogP contribution in [0.1, 0.15) is 19.8 Å². The number of fused-ring (bicyclic) bond motifs is 1. The van der Waals surface area contributed by atoms with Gasteiger partial charge in [0.05, 0.1) is 29.1 Å². The molecule has 0 spiro atoms. The van der Waals surface area contributed by atoms with Gasteiger partial charge in [-0.2, -0.15) is 0 Å². The van der Waals surface area contributed by atoms with Crippen molar-refractivity contribution in [2.75, 3.05) is 53.4 Å². The van der Waals surface area contributed by atoms with E-state index in [1.54, 1.807) is 5.70 Å². The highest BCUT2D eigenvalue weighted by molar-refractivity contribution is 8.04. The molecule has 3 nitrogen and oxygen atoms in total. The minimum Gasteiger partial charge on any atom is -0.304 e. The summed E-state index contributed by atoms with van der Waals surface area (Å²) in [6.45, 7) is 9.64. The largest absolute Gasteiger partial charge is 0.304 e. The summed E-state index contributed by atoms with van der Waals surface area (Å²) < 4.78 is 1.00. The highest BCUT2D eigenvalue weighted by Crippen LogP contribution is 2.52. The van der Waals surface area contributed by atoms with E-state index in [-0.39, 0.29) is 10.9 Å². The molecule has 0 saturated carbocycles. The molecule has 0 aromatic heterocycles. The maximum Gasteiger partial charge on any atom is 0.135 e. The van der Waals surface area contributed by atoms with Crippen LogP contribution in [0.5, 0.6) is 0 Å². The second-order valence-corrected chi connectivity index (χ2v) is 10.6. The Bertz CT molecular complexity index is 692. The van der Waals surface area contributed by atoms with Gasteiger partial charge in [-0.15, -0.1) is 23.4 Å². The Labute approximate surface area is 174 Å². The number of alkyl halides is 1. The zero-order valence-electron chi connectivity index (χ0n) is 16.9. The number of thioether (sulfide) groups is 1. The first-order valence-electron chi connectivity index (χ1n) is 10.3. The molecule has 0 N–H and O–H groups in total. The van der Waals surface area contributed by atoms with Crippen LogP contribution in [0.2, 0.25) is 0 Å². The summed E-state index contributed by atoms with van der Waals surface area (Å²) in [6, 6.07) is 0. The molecule has 2 aliphatic carbocycles. The van der Waals surface area contributed by atoms with Crippen molar-refractivity contribution in [3.05, 3.63) is 47.1 Å². The molecular weight excluding hydrogens is 374 g/mol. The first-order chi connectivity index (χ1) is 12.9. The summed E-state index contributed by atoms with van der Waals surface area (Å²) >= 11 is 8.60. The topological polar surface area (TPSA) is 6.48 Å². The molecule has 4 rings (SSSR count).